The van der Waals surface area contributed by atoms with Gasteiger partial charge in [-0.25, -0.2) is 35.1 Å². The Balaban J connectivity index is 5.24. The van der Waals surface area contributed by atoms with Crippen LogP contribution in [0.15, 0.2) is 0 Å². The van der Waals surface area contributed by atoms with Gasteiger partial charge in [0.1, 0.15) is 0 Å². The van der Waals surface area contributed by atoms with E-state index in [0.717, 1.165) is 0 Å². The molecule has 14 heteroatoms. The predicted octanol–water partition coefficient (Wildman–Crippen LogP) is 2.76. The average molecular weight is 374 g/mol. The fraction of sp³-hybridized carbons (Fsp3) is 1.00. The molecule has 0 heterocycles. The van der Waals surface area contributed by atoms with Crippen LogP contribution in [0.3, 0.4) is 0 Å². The van der Waals surface area contributed by atoms with Crippen molar-refractivity contribution in [1.29, 1.82) is 0 Å². The van der Waals surface area contributed by atoms with E-state index in [9.17, 15) is 52.3 Å². The molecule has 0 fully saturated rings. The maximum Gasteiger partial charge on any atom is 0.328 e. The van der Waals surface area contributed by atoms with Crippen LogP contribution >= 0.6 is 0 Å². The molecule has 0 saturated carbocycles. The summed E-state index contributed by atoms with van der Waals surface area (Å²) in [6, 6.07) is 0. The molecule has 0 spiro atoms. The maximum absolute atomic E-state index is 13.0. The molecule has 0 aliphatic rings. The van der Waals surface area contributed by atoms with Gasteiger partial charge in [-0.1, -0.05) is 0 Å². The SMILES string of the molecule is O=S(=O)(O)C(F)C(F)(F)C(F)C(F)C(F)C(F)C(F)C(F)F. The van der Waals surface area contributed by atoms with Crippen LogP contribution in [0.1, 0.15) is 0 Å². The minimum Gasteiger partial charge on any atom is -0.283 e. The summed E-state index contributed by atoms with van der Waals surface area (Å²) in [5, 5.41) is 0. The van der Waals surface area contributed by atoms with Crippen molar-refractivity contribution in [2.75, 3.05) is 0 Å². The zero-order valence-electron chi connectivity index (χ0n) is 9.99. The first-order valence-electron chi connectivity index (χ1n) is 5.12. The van der Waals surface area contributed by atoms with Gasteiger partial charge >= 0.3 is 16.0 Å². The molecule has 0 amide bonds. The summed E-state index contributed by atoms with van der Waals surface area (Å²) in [5.41, 5.74) is -4.74. The topological polar surface area (TPSA) is 54.4 Å². The van der Waals surface area contributed by atoms with Gasteiger partial charge in [0.25, 0.3) is 11.9 Å². The van der Waals surface area contributed by atoms with E-state index in [1.54, 1.807) is 0 Å². The van der Waals surface area contributed by atoms with E-state index in [2.05, 4.69) is 0 Å². The largest absolute Gasteiger partial charge is 0.328 e. The van der Waals surface area contributed by atoms with Gasteiger partial charge in [0, 0.05) is 0 Å². The molecule has 0 saturated heterocycles. The highest BCUT2D eigenvalue weighted by molar-refractivity contribution is 7.86. The number of halogens is 10. The quantitative estimate of drug-likeness (QED) is 0.525. The lowest BCUT2D eigenvalue weighted by atomic mass is 10.0. The van der Waals surface area contributed by atoms with Crippen molar-refractivity contribution in [2.24, 2.45) is 0 Å². The Hall–Kier alpha value is -0.790. The zero-order chi connectivity index (χ0) is 18.0. The van der Waals surface area contributed by atoms with Crippen LogP contribution in [0, 0.1) is 0 Å². The number of alkyl halides is 10. The number of hydrogen-bond acceptors (Lipinski definition) is 2. The summed E-state index contributed by atoms with van der Waals surface area (Å²) in [4.78, 5) is 0. The van der Waals surface area contributed by atoms with Crippen LogP contribution in [0.4, 0.5) is 43.9 Å². The monoisotopic (exact) mass is 374 g/mol. The van der Waals surface area contributed by atoms with Crippen LogP contribution in [0.2, 0.25) is 0 Å². The van der Waals surface area contributed by atoms with E-state index in [1.807, 2.05) is 0 Å². The second-order valence-electron chi connectivity index (χ2n) is 4.02. The van der Waals surface area contributed by atoms with Gasteiger partial charge in [-0.05, 0) is 0 Å². The van der Waals surface area contributed by atoms with Crippen LogP contribution in [0.25, 0.3) is 0 Å². The highest BCUT2D eigenvalue weighted by Gasteiger charge is 2.60. The highest BCUT2D eigenvalue weighted by atomic mass is 32.2. The van der Waals surface area contributed by atoms with Crippen molar-refractivity contribution in [1.82, 2.24) is 0 Å². The molecule has 3 nitrogen and oxygen atoms in total. The molecule has 0 bridgehead atoms. The Morgan fingerprint density at radius 3 is 1.41 bits per heavy atom. The maximum atomic E-state index is 13.0. The van der Waals surface area contributed by atoms with Gasteiger partial charge in [0.05, 0.1) is 0 Å². The molecule has 134 valence electrons. The lowest BCUT2D eigenvalue weighted by Gasteiger charge is -2.27. The van der Waals surface area contributed by atoms with Crippen molar-refractivity contribution in [3.05, 3.63) is 0 Å². The number of rotatable bonds is 8. The van der Waals surface area contributed by atoms with Crippen molar-refractivity contribution < 1.29 is 56.9 Å². The van der Waals surface area contributed by atoms with Crippen molar-refractivity contribution in [3.63, 3.8) is 0 Å². The minimum atomic E-state index is -6.25. The molecular weight excluding hydrogens is 366 g/mol. The highest BCUT2D eigenvalue weighted by Crippen LogP contribution is 2.36. The van der Waals surface area contributed by atoms with Crippen molar-refractivity contribution >= 4 is 10.1 Å². The summed E-state index contributed by atoms with van der Waals surface area (Å²) in [6.07, 6.45) is -25.6. The van der Waals surface area contributed by atoms with Crippen molar-refractivity contribution in [3.8, 4) is 0 Å². The van der Waals surface area contributed by atoms with Gasteiger partial charge in [-0.3, -0.25) is 4.55 Å². The third-order valence-electron chi connectivity index (χ3n) is 2.36. The lowest BCUT2D eigenvalue weighted by Crippen LogP contribution is -2.52. The molecule has 1 N–H and O–H groups in total. The Morgan fingerprint density at radius 2 is 1.09 bits per heavy atom. The Morgan fingerprint density at radius 1 is 0.727 bits per heavy atom. The first-order chi connectivity index (χ1) is 9.65. The Kier molecular flexibility index (Phi) is 6.93. The third-order valence-corrected chi connectivity index (χ3v) is 3.20. The first-order valence-corrected chi connectivity index (χ1v) is 6.62. The normalized spacial score (nSPS) is 22.0. The Bertz CT molecular complexity index is 457. The van der Waals surface area contributed by atoms with Gasteiger partial charge in [-0.2, -0.15) is 17.2 Å². The minimum absolute atomic E-state index is 3.99. The standard InChI is InChI=1S/C8H8F10O3S/c9-1(2(10)4(12)6(14)15)3(11)5(13)8(17,18)7(16)22(19,20)21/h1-7H,(H,19,20,21). The predicted molar refractivity (Wildman–Crippen MR) is 51.9 cm³/mol. The molecular formula is C8H8F10O3S. The lowest BCUT2D eigenvalue weighted by molar-refractivity contribution is -0.145. The summed E-state index contributed by atoms with van der Waals surface area (Å²) in [7, 11) is -6.25. The molecule has 0 radical (unpaired) electrons. The smallest absolute Gasteiger partial charge is 0.283 e. The van der Waals surface area contributed by atoms with Crippen LogP contribution in [-0.4, -0.2) is 61.7 Å². The van der Waals surface area contributed by atoms with E-state index in [-0.39, 0.29) is 0 Å². The summed E-state index contributed by atoms with van der Waals surface area (Å²) in [5.74, 6) is -5.90. The van der Waals surface area contributed by atoms with E-state index in [0.29, 0.717) is 0 Å². The van der Waals surface area contributed by atoms with Crippen molar-refractivity contribution in [2.45, 2.75) is 48.7 Å². The molecule has 0 aliphatic heterocycles. The molecule has 0 rings (SSSR count). The second kappa shape index (κ2) is 7.19. The van der Waals surface area contributed by atoms with Gasteiger partial charge in [-0.15, -0.1) is 0 Å². The van der Waals surface area contributed by atoms with E-state index < -0.39 is 58.8 Å². The van der Waals surface area contributed by atoms with Gasteiger partial charge in [0.2, 0.25) is 6.17 Å². The van der Waals surface area contributed by atoms with Crippen LogP contribution < -0.4 is 0 Å². The molecule has 22 heavy (non-hydrogen) atoms. The van der Waals surface area contributed by atoms with Crippen LogP contribution in [0.5, 0.6) is 0 Å². The van der Waals surface area contributed by atoms with E-state index in [1.165, 1.54) is 0 Å². The third kappa shape index (κ3) is 4.60. The van der Waals surface area contributed by atoms with E-state index >= 15 is 0 Å². The number of hydrogen-bond donors (Lipinski definition) is 1. The first kappa shape index (κ1) is 21.2. The molecule has 0 aliphatic carbocycles. The summed E-state index contributed by atoms with van der Waals surface area (Å²) in [6.45, 7) is 0. The summed E-state index contributed by atoms with van der Waals surface area (Å²) < 4.78 is 154. The molecule has 0 aromatic heterocycles. The molecule has 6 atom stereocenters. The van der Waals surface area contributed by atoms with Gasteiger partial charge in [0.15, 0.2) is 24.7 Å². The fourth-order valence-corrected chi connectivity index (χ4v) is 1.71. The molecule has 0 aromatic carbocycles. The van der Waals surface area contributed by atoms with Crippen LogP contribution in [-0.2, 0) is 10.1 Å². The molecule has 0 aromatic rings. The zero-order valence-corrected chi connectivity index (χ0v) is 10.8. The molecule has 6 unspecified atom stereocenters. The fourth-order valence-electron chi connectivity index (χ4n) is 1.19. The second-order valence-corrected chi connectivity index (χ2v) is 5.46. The summed E-state index contributed by atoms with van der Waals surface area (Å²) >= 11 is 0. The van der Waals surface area contributed by atoms with Gasteiger partial charge < -0.3 is 0 Å². The van der Waals surface area contributed by atoms with E-state index in [4.69, 9.17) is 4.55 Å². The average Bonchev–Trinajstić information content (AvgIpc) is 2.40. The Labute approximate surface area is 117 Å².